The molecule has 0 radical (unpaired) electrons. The second kappa shape index (κ2) is 10.6. The molecule has 1 unspecified atom stereocenters. The van der Waals surface area contributed by atoms with Crippen molar-refractivity contribution < 1.29 is 14.0 Å². The number of para-hydroxylation sites is 1. The highest BCUT2D eigenvalue weighted by molar-refractivity contribution is 6.31. The summed E-state index contributed by atoms with van der Waals surface area (Å²) in [6.07, 6.45) is 0. The van der Waals surface area contributed by atoms with Gasteiger partial charge in [0.05, 0.1) is 18.2 Å². The third-order valence-corrected chi connectivity index (χ3v) is 6.64. The Morgan fingerprint density at radius 2 is 1.82 bits per heavy atom. The third-order valence-electron chi connectivity index (χ3n) is 6.41. The summed E-state index contributed by atoms with van der Waals surface area (Å²) >= 11 is 6.24. The highest BCUT2D eigenvalue weighted by Crippen LogP contribution is 2.39. The van der Waals surface area contributed by atoms with Crippen molar-refractivity contribution in [2.24, 2.45) is 0 Å². The number of nitrogens with one attached hydrogen (secondary N) is 1. The third kappa shape index (κ3) is 5.45. The number of hydrogen-bond acceptors (Lipinski definition) is 5. The molecule has 182 valence electrons. The van der Waals surface area contributed by atoms with Crippen LogP contribution in [0.15, 0.2) is 42.5 Å². The number of amides is 2. The lowest BCUT2D eigenvalue weighted by atomic mass is 9.99. The zero-order valence-corrected chi connectivity index (χ0v) is 20.4. The Balaban J connectivity index is 1.41. The maximum Gasteiger partial charge on any atom is 0.239 e. The Hall–Kier alpha value is -2.84. The molecular formula is C25H31ClFN5O2. The largest absolute Gasteiger partial charge is 0.366 e. The normalized spacial score (nSPS) is 17.8. The summed E-state index contributed by atoms with van der Waals surface area (Å²) < 4.78 is 14.2. The maximum atomic E-state index is 14.2. The van der Waals surface area contributed by atoms with E-state index in [-0.39, 0.29) is 30.1 Å². The maximum absolute atomic E-state index is 14.2. The van der Waals surface area contributed by atoms with E-state index >= 15 is 0 Å². The van der Waals surface area contributed by atoms with Gasteiger partial charge < -0.3 is 24.9 Å². The fraction of sp³-hybridized carbons (Fsp3) is 0.440. The lowest BCUT2D eigenvalue weighted by Crippen LogP contribution is -2.50. The minimum Gasteiger partial charge on any atom is -0.366 e. The topological polar surface area (TPSA) is 59.1 Å². The van der Waals surface area contributed by atoms with E-state index in [4.69, 9.17) is 11.6 Å². The minimum atomic E-state index is -0.359. The van der Waals surface area contributed by atoms with Crippen LogP contribution in [0.1, 0.15) is 11.5 Å². The van der Waals surface area contributed by atoms with E-state index in [0.29, 0.717) is 50.0 Å². The van der Waals surface area contributed by atoms with Crippen molar-refractivity contribution >= 4 is 34.8 Å². The van der Waals surface area contributed by atoms with Gasteiger partial charge in [-0.3, -0.25) is 9.59 Å². The smallest absolute Gasteiger partial charge is 0.239 e. The highest BCUT2D eigenvalue weighted by atomic mass is 35.5. The van der Waals surface area contributed by atoms with Gasteiger partial charge in [0.2, 0.25) is 11.8 Å². The van der Waals surface area contributed by atoms with Gasteiger partial charge in [-0.2, -0.15) is 0 Å². The second-order valence-corrected chi connectivity index (χ2v) is 9.49. The van der Waals surface area contributed by atoms with Crippen LogP contribution in [-0.4, -0.2) is 88.1 Å². The molecule has 0 spiro atoms. The van der Waals surface area contributed by atoms with Gasteiger partial charge in [-0.25, -0.2) is 4.39 Å². The molecule has 2 aromatic rings. The minimum absolute atomic E-state index is 0.0345. The SMILES string of the molecule is CN(C)CCNC(=O)CN1CC(C(=O)N2CCN(c3ccccc3F)CC2)c2ccc(Cl)cc21. The van der Waals surface area contributed by atoms with Gasteiger partial charge in [-0.05, 0) is 43.9 Å². The molecule has 2 heterocycles. The van der Waals surface area contributed by atoms with Gasteiger partial charge in [0.15, 0.2) is 0 Å². The molecule has 1 N–H and O–H groups in total. The van der Waals surface area contributed by atoms with Crippen molar-refractivity contribution in [2.45, 2.75) is 5.92 Å². The Morgan fingerprint density at radius 3 is 2.53 bits per heavy atom. The Morgan fingerprint density at radius 1 is 1.09 bits per heavy atom. The average Bonchev–Trinajstić information content (AvgIpc) is 3.16. The molecule has 0 bridgehead atoms. The first kappa shape index (κ1) is 24.3. The van der Waals surface area contributed by atoms with Gasteiger partial charge >= 0.3 is 0 Å². The van der Waals surface area contributed by atoms with E-state index in [1.165, 1.54) is 6.07 Å². The number of piperazine rings is 1. The molecule has 2 aliphatic rings. The van der Waals surface area contributed by atoms with Crippen molar-refractivity contribution in [1.82, 2.24) is 15.1 Å². The van der Waals surface area contributed by atoms with Crippen molar-refractivity contribution in [3.63, 3.8) is 0 Å². The standard InChI is InChI=1S/C25H31ClFN5O2/c1-29(2)10-9-28-24(33)17-32-16-20(19-8-7-18(26)15-23(19)32)25(34)31-13-11-30(12-14-31)22-6-4-3-5-21(22)27/h3-8,15,20H,9-14,16-17H2,1-2H3,(H,28,33). The molecule has 34 heavy (non-hydrogen) atoms. The van der Waals surface area contributed by atoms with Crippen molar-refractivity contribution in [3.05, 3.63) is 58.9 Å². The highest BCUT2D eigenvalue weighted by Gasteiger charge is 2.37. The van der Waals surface area contributed by atoms with Gasteiger partial charge in [0, 0.05) is 56.5 Å². The molecule has 2 aliphatic heterocycles. The number of nitrogens with zero attached hydrogens (tertiary/aromatic N) is 4. The quantitative estimate of drug-likeness (QED) is 0.650. The zero-order valence-electron chi connectivity index (χ0n) is 19.6. The number of likely N-dealkylation sites (N-methyl/N-ethyl adjacent to an activating group) is 1. The van der Waals surface area contributed by atoms with Gasteiger partial charge in [-0.1, -0.05) is 29.8 Å². The molecule has 2 aromatic carbocycles. The molecule has 7 nitrogen and oxygen atoms in total. The van der Waals surface area contributed by atoms with Gasteiger partial charge in [0.1, 0.15) is 5.82 Å². The lowest BCUT2D eigenvalue weighted by molar-refractivity contribution is -0.132. The number of fused-ring (bicyclic) bond motifs is 1. The van der Waals surface area contributed by atoms with Crippen LogP contribution in [0.2, 0.25) is 5.02 Å². The van der Waals surface area contributed by atoms with E-state index in [0.717, 1.165) is 17.8 Å². The van der Waals surface area contributed by atoms with E-state index in [9.17, 15) is 14.0 Å². The second-order valence-electron chi connectivity index (χ2n) is 9.05. The molecule has 1 fully saturated rings. The van der Waals surface area contributed by atoms with E-state index in [1.54, 1.807) is 18.2 Å². The summed E-state index contributed by atoms with van der Waals surface area (Å²) in [4.78, 5) is 33.8. The van der Waals surface area contributed by atoms with Crippen LogP contribution in [0.3, 0.4) is 0 Å². The zero-order chi connectivity index (χ0) is 24.2. The number of halogens is 2. The molecule has 0 saturated carbocycles. The number of benzene rings is 2. The monoisotopic (exact) mass is 487 g/mol. The molecule has 9 heteroatoms. The van der Waals surface area contributed by atoms with Gasteiger partial charge in [-0.15, -0.1) is 0 Å². The van der Waals surface area contributed by atoms with Crippen molar-refractivity contribution in [2.75, 3.05) is 76.3 Å². The first-order valence-corrected chi connectivity index (χ1v) is 12.0. The predicted octanol–water partition coefficient (Wildman–Crippen LogP) is 2.41. The first-order chi connectivity index (χ1) is 16.3. The van der Waals surface area contributed by atoms with Crippen molar-refractivity contribution in [3.8, 4) is 0 Å². The van der Waals surface area contributed by atoms with Crippen LogP contribution in [0.25, 0.3) is 0 Å². The summed E-state index contributed by atoms with van der Waals surface area (Å²) in [5, 5.41) is 3.50. The average molecular weight is 488 g/mol. The molecule has 1 atom stereocenters. The summed E-state index contributed by atoms with van der Waals surface area (Å²) in [6.45, 7) is 4.13. The summed E-state index contributed by atoms with van der Waals surface area (Å²) in [5.41, 5.74) is 2.30. The fourth-order valence-corrected chi connectivity index (χ4v) is 4.77. The fourth-order valence-electron chi connectivity index (χ4n) is 4.61. The Labute approximate surface area is 205 Å². The number of hydrogen-bond donors (Lipinski definition) is 1. The Kier molecular flexibility index (Phi) is 7.58. The first-order valence-electron chi connectivity index (χ1n) is 11.6. The van der Waals surface area contributed by atoms with E-state index in [1.807, 2.05) is 51.9 Å². The molecular weight excluding hydrogens is 457 g/mol. The lowest BCUT2D eigenvalue weighted by Gasteiger charge is -2.37. The summed E-state index contributed by atoms with van der Waals surface area (Å²) in [5.74, 6) is -0.656. The molecule has 2 amide bonds. The number of rotatable bonds is 7. The number of anilines is 2. The Bertz CT molecular complexity index is 1040. The van der Waals surface area contributed by atoms with Crippen LogP contribution in [0, 0.1) is 5.82 Å². The predicted molar refractivity (Wildman–Crippen MR) is 133 cm³/mol. The van der Waals surface area contributed by atoms with E-state index in [2.05, 4.69) is 5.32 Å². The number of carbonyl (C=O) groups is 2. The van der Waals surface area contributed by atoms with Crippen LogP contribution in [0.5, 0.6) is 0 Å². The van der Waals surface area contributed by atoms with Crippen LogP contribution in [0.4, 0.5) is 15.8 Å². The molecule has 0 aromatic heterocycles. The molecule has 0 aliphatic carbocycles. The summed E-state index contributed by atoms with van der Waals surface area (Å²) in [7, 11) is 3.91. The van der Waals surface area contributed by atoms with Crippen LogP contribution >= 0.6 is 11.6 Å². The number of carbonyl (C=O) groups excluding carboxylic acids is 2. The van der Waals surface area contributed by atoms with Crippen molar-refractivity contribution in [1.29, 1.82) is 0 Å². The summed E-state index contributed by atoms with van der Waals surface area (Å²) in [6, 6.07) is 12.2. The molecule has 4 rings (SSSR count). The van der Waals surface area contributed by atoms with E-state index < -0.39 is 0 Å². The van der Waals surface area contributed by atoms with Crippen LogP contribution in [-0.2, 0) is 9.59 Å². The van der Waals surface area contributed by atoms with Crippen LogP contribution < -0.4 is 15.1 Å². The van der Waals surface area contributed by atoms with Gasteiger partial charge in [0.25, 0.3) is 0 Å². The molecule has 1 saturated heterocycles.